The predicted molar refractivity (Wildman–Crippen MR) is 77.6 cm³/mol. The molecule has 1 aromatic heterocycles. The SMILES string of the molecule is COc1cc(CNCc2cnn(C)c2C)cc2c1OCO2. The summed E-state index contributed by atoms with van der Waals surface area (Å²) in [5.74, 6) is 2.13. The molecule has 2 aromatic rings. The van der Waals surface area contributed by atoms with E-state index < -0.39 is 0 Å². The van der Waals surface area contributed by atoms with Gasteiger partial charge in [-0.1, -0.05) is 0 Å². The van der Waals surface area contributed by atoms with Crippen molar-refractivity contribution in [3.8, 4) is 17.2 Å². The smallest absolute Gasteiger partial charge is 0.231 e. The van der Waals surface area contributed by atoms with Gasteiger partial charge in [-0.25, -0.2) is 0 Å². The van der Waals surface area contributed by atoms with Crippen LogP contribution in [0.3, 0.4) is 0 Å². The predicted octanol–water partition coefficient (Wildman–Crippen LogP) is 1.76. The van der Waals surface area contributed by atoms with Gasteiger partial charge in [-0.3, -0.25) is 4.68 Å². The van der Waals surface area contributed by atoms with Crippen LogP contribution >= 0.6 is 0 Å². The quantitative estimate of drug-likeness (QED) is 0.909. The molecule has 0 aliphatic carbocycles. The maximum atomic E-state index is 5.43. The Bertz CT molecular complexity index is 652. The van der Waals surface area contributed by atoms with Gasteiger partial charge in [0.2, 0.25) is 12.5 Å². The molecule has 0 saturated heterocycles. The first-order valence-corrected chi connectivity index (χ1v) is 6.83. The Kier molecular flexibility index (Phi) is 3.70. The average Bonchev–Trinajstić information content (AvgIpc) is 3.08. The Morgan fingerprint density at radius 1 is 1.33 bits per heavy atom. The van der Waals surface area contributed by atoms with Crippen molar-refractivity contribution in [2.24, 2.45) is 7.05 Å². The van der Waals surface area contributed by atoms with E-state index in [9.17, 15) is 0 Å². The monoisotopic (exact) mass is 289 g/mol. The summed E-state index contributed by atoms with van der Waals surface area (Å²) >= 11 is 0. The number of ether oxygens (including phenoxy) is 3. The minimum absolute atomic E-state index is 0.247. The third-order valence-corrected chi connectivity index (χ3v) is 3.70. The van der Waals surface area contributed by atoms with E-state index in [-0.39, 0.29) is 6.79 Å². The van der Waals surface area contributed by atoms with Crippen LogP contribution < -0.4 is 19.5 Å². The summed E-state index contributed by atoms with van der Waals surface area (Å²) in [7, 11) is 3.58. The van der Waals surface area contributed by atoms with Crippen LogP contribution in [0.15, 0.2) is 18.3 Å². The summed E-state index contributed by atoms with van der Waals surface area (Å²) in [6, 6.07) is 3.95. The molecule has 6 nitrogen and oxygen atoms in total. The Labute approximate surface area is 123 Å². The molecule has 0 amide bonds. The lowest BCUT2D eigenvalue weighted by Crippen LogP contribution is -2.13. The topological polar surface area (TPSA) is 57.5 Å². The number of rotatable bonds is 5. The molecule has 1 aliphatic rings. The molecule has 0 fully saturated rings. The van der Waals surface area contributed by atoms with Crippen molar-refractivity contribution in [1.29, 1.82) is 0 Å². The molecule has 0 saturated carbocycles. The molecule has 0 unspecified atom stereocenters. The Morgan fingerprint density at radius 2 is 2.19 bits per heavy atom. The summed E-state index contributed by atoms with van der Waals surface area (Å²) in [4.78, 5) is 0. The van der Waals surface area contributed by atoms with Crippen LogP contribution in [-0.4, -0.2) is 23.7 Å². The van der Waals surface area contributed by atoms with Crippen molar-refractivity contribution in [2.75, 3.05) is 13.9 Å². The van der Waals surface area contributed by atoms with E-state index in [2.05, 4.69) is 17.3 Å². The zero-order chi connectivity index (χ0) is 14.8. The maximum absolute atomic E-state index is 5.43. The van der Waals surface area contributed by atoms with Gasteiger partial charge in [0.15, 0.2) is 11.5 Å². The number of fused-ring (bicyclic) bond motifs is 1. The van der Waals surface area contributed by atoms with E-state index in [1.165, 1.54) is 11.3 Å². The van der Waals surface area contributed by atoms with Crippen molar-refractivity contribution in [3.05, 3.63) is 35.2 Å². The molecule has 0 atom stereocenters. The van der Waals surface area contributed by atoms with Gasteiger partial charge >= 0.3 is 0 Å². The summed E-state index contributed by atoms with van der Waals surface area (Å²) < 4.78 is 18.0. The fourth-order valence-electron chi connectivity index (χ4n) is 2.35. The van der Waals surface area contributed by atoms with Crippen molar-refractivity contribution in [3.63, 3.8) is 0 Å². The molecule has 21 heavy (non-hydrogen) atoms. The minimum atomic E-state index is 0.247. The molecule has 112 valence electrons. The molecule has 3 rings (SSSR count). The van der Waals surface area contributed by atoms with Gasteiger partial charge in [-0.2, -0.15) is 5.10 Å². The highest BCUT2D eigenvalue weighted by Gasteiger charge is 2.19. The number of aryl methyl sites for hydroxylation is 1. The van der Waals surface area contributed by atoms with E-state index in [4.69, 9.17) is 14.2 Å². The largest absolute Gasteiger partial charge is 0.493 e. The maximum Gasteiger partial charge on any atom is 0.231 e. The first kappa shape index (κ1) is 13.8. The molecular weight excluding hydrogens is 270 g/mol. The normalized spacial score (nSPS) is 12.7. The average molecular weight is 289 g/mol. The Balaban J connectivity index is 1.67. The zero-order valence-corrected chi connectivity index (χ0v) is 12.5. The van der Waals surface area contributed by atoms with Crippen LogP contribution in [0.25, 0.3) is 0 Å². The van der Waals surface area contributed by atoms with Crippen LogP contribution in [0.2, 0.25) is 0 Å². The third kappa shape index (κ3) is 2.67. The second kappa shape index (κ2) is 5.65. The number of nitrogens with zero attached hydrogens (tertiary/aromatic N) is 2. The van der Waals surface area contributed by atoms with Crippen LogP contribution in [-0.2, 0) is 20.1 Å². The van der Waals surface area contributed by atoms with Crippen LogP contribution in [0, 0.1) is 6.92 Å². The second-order valence-electron chi connectivity index (χ2n) is 5.01. The molecule has 2 heterocycles. The van der Waals surface area contributed by atoms with E-state index >= 15 is 0 Å². The van der Waals surface area contributed by atoms with Gasteiger partial charge < -0.3 is 19.5 Å². The first-order valence-electron chi connectivity index (χ1n) is 6.83. The van der Waals surface area contributed by atoms with E-state index in [1.54, 1.807) is 7.11 Å². The number of hydrogen-bond acceptors (Lipinski definition) is 5. The molecule has 0 bridgehead atoms. The Hall–Kier alpha value is -2.21. The summed E-state index contributed by atoms with van der Waals surface area (Å²) in [6.45, 7) is 3.81. The molecule has 1 aliphatic heterocycles. The van der Waals surface area contributed by atoms with Gasteiger partial charge in [-0.05, 0) is 24.6 Å². The van der Waals surface area contributed by atoms with Crippen LogP contribution in [0.5, 0.6) is 17.2 Å². The lowest BCUT2D eigenvalue weighted by molar-refractivity contribution is 0.171. The summed E-state index contributed by atoms with van der Waals surface area (Å²) in [5, 5.41) is 7.65. The number of hydrogen-bond donors (Lipinski definition) is 1. The number of nitrogens with one attached hydrogen (secondary N) is 1. The van der Waals surface area contributed by atoms with Crippen LogP contribution in [0.1, 0.15) is 16.8 Å². The van der Waals surface area contributed by atoms with Gasteiger partial charge in [0, 0.05) is 31.4 Å². The van der Waals surface area contributed by atoms with Crippen molar-refractivity contribution in [1.82, 2.24) is 15.1 Å². The highest BCUT2D eigenvalue weighted by Crippen LogP contribution is 2.41. The lowest BCUT2D eigenvalue weighted by Gasteiger charge is -2.09. The van der Waals surface area contributed by atoms with Gasteiger partial charge in [0.25, 0.3) is 0 Å². The summed E-state index contributed by atoms with van der Waals surface area (Å²) in [6.07, 6.45) is 1.89. The highest BCUT2D eigenvalue weighted by molar-refractivity contribution is 5.55. The van der Waals surface area contributed by atoms with Crippen molar-refractivity contribution < 1.29 is 14.2 Å². The van der Waals surface area contributed by atoms with E-state index in [1.807, 2.05) is 30.1 Å². The fraction of sp³-hybridized carbons (Fsp3) is 0.400. The fourth-order valence-corrected chi connectivity index (χ4v) is 2.35. The number of benzene rings is 1. The number of methoxy groups -OCH3 is 1. The van der Waals surface area contributed by atoms with E-state index in [0.717, 1.165) is 24.4 Å². The standard InChI is InChI=1S/C15H19N3O3/c1-10-12(8-17-18(10)2)7-16-6-11-4-13(19-3)15-14(5-11)20-9-21-15/h4-5,8,16H,6-7,9H2,1-3H3. The minimum Gasteiger partial charge on any atom is -0.493 e. The Morgan fingerprint density at radius 3 is 2.90 bits per heavy atom. The lowest BCUT2D eigenvalue weighted by atomic mass is 10.1. The molecule has 0 spiro atoms. The van der Waals surface area contributed by atoms with Gasteiger partial charge in [0.05, 0.1) is 13.3 Å². The molecule has 0 radical (unpaired) electrons. The molecule has 6 heteroatoms. The van der Waals surface area contributed by atoms with Gasteiger partial charge in [0.1, 0.15) is 0 Å². The van der Waals surface area contributed by atoms with E-state index in [0.29, 0.717) is 11.5 Å². The van der Waals surface area contributed by atoms with Gasteiger partial charge in [-0.15, -0.1) is 0 Å². The van der Waals surface area contributed by atoms with Crippen LogP contribution in [0.4, 0.5) is 0 Å². The highest BCUT2D eigenvalue weighted by atomic mass is 16.7. The molecular formula is C15H19N3O3. The molecule has 1 aromatic carbocycles. The van der Waals surface area contributed by atoms with Crippen molar-refractivity contribution in [2.45, 2.75) is 20.0 Å². The molecule has 1 N–H and O–H groups in total. The van der Waals surface area contributed by atoms with Crippen molar-refractivity contribution >= 4 is 0 Å². The second-order valence-corrected chi connectivity index (χ2v) is 5.01. The number of aromatic nitrogens is 2. The first-order chi connectivity index (χ1) is 10.2. The third-order valence-electron chi connectivity index (χ3n) is 3.70. The summed E-state index contributed by atoms with van der Waals surface area (Å²) in [5.41, 5.74) is 3.47. The zero-order valence-electron chi connectivity index (χ0n) is 12.5.